The summed E-state index contributed by atoms with van der Waals surface area (Å²) in [6, 6.07) is 0.496. The lowest BCUT2D eigenvalue weighted by Crippen LogP contribution is -2.36. The zero-order chi connectivity index (χ0) is 11.5. The Morgan fingerprint density at radius 1 is 1.69 bits per heavy atom. The predicted molar refractivity (Wildman–Crippen MR) is 64.3 cm³/mol. The number of rotatable bonds is 5. The molecule has 0 unspecified atom stereocenters. The van der Waals surface area contributed by atoms with Crippen molar-refractivity contribution < 1.29 is 4.79 Å². The van der Waals surface area contributed by atoms with Gasteiger partial charge >= 0.3 is 0 Å². The summed E-state index contributed by atoms with van der Waals surface area (Å²) in [6.07, 6.45) is 2.32. The van der Waals surface area contributed by atoms with E-state index in [9.17, 15) is 4.79 Å². The van der Waals surface area contributed by atoms with Crippen molar-refractivity contribution in [2.24, 2.45) is 0 Å². The van der Waals surface area contributed by atoms with Crippen LogP contribution in [0.5, 0.6) is 0 Å². The number of aromatic nitrogens is 1. The molecular formula is C11H17N3OS. The van der Waals surface area contributed by atoms with Crippen LogP contribution in [0.2, 0.25) is 0 Å². The van der Waals surface area contributed by atoms with E-state index in [4.69, 9.17) is 0 Å². The first kappa shape index (κ1) is 11.5. The zero-order valence-electron chi connectivity index (χ0n) is 9.69. The lowest BCUT2D eigenvalue weighted by atomic mass is 10.4. The van der Waals surface area contributed by atoms with Crippen molar-refractivity contribution in [3.8, 4) is 0 Å². The van der Waals surface area contributed by atoms with Gasteiger partial charge in [0.15, 0.2) is 0 Å². The van der Waals surface area contributed by atoms with E-state index in [-0.39, 0.29) is 5.91 Å². The van der Waals surface area contributed by atoms with Crippen molar-refractivity contribution >= 4 is 17.2 Å². The molecule has 0 bridgehead atoms. The number of thiazole rings is 1. The fourth-order valence-electron chi connectivity index (χ4n) is 1.58. The Morgan fingerprint density at radius 3 is 3.00 bits per heavy atom. The molecule has 1 aromatic rings. The SMILES string of the molecule is Cc1nc(CNCC(=O)N(C)C2CC2)cs1. The van der Waals surface area contributed by atoms with Crippen molar-refractivity contribution in [2.75, 3.05) is 13.6 Å². The highest BCUT2D eigenvalue weighted by Gasteiger charge is 2.28. The minimum atomic E-state index is 0.175. The maximum Gasteiger partial charge on any atom is 0.236 e. The van der Waals surface area contributed by atoms with Gasteiger partial charge in [0.25, 0.3) is 0 Å². The first-order valence-electron chi connectivity index (χ1n) is 5.54. The third-order valence-electron chi connectivity index (χ3n) is 2.74. The Labute approximate surface area is 99.7 Å². The van der Waals surface area contributed by atoms with Crippen LogP contribution in [-0.4, -0.2) is 35.4 Å². The van der Waals surface area contributed by atoms with Crippen LogP contribution in [0.15, 0.2) is 5.38 Å². The molecule has 0 aromatic carbocycles. The van der Waals surface area contributed by atoms with Crippen molar-refractivity contribution in [3.05, 3.63) is 16.1 Å². The Bertz CT molecular complexity index is 373. The molecule has 0 saturated heterocycles. The van der Waals surface area contributed by atoms with E-state index in [1.807, 2.05) is 24.3 Å². The summed E-state index contributed by atoms with van der Waals surface area (Å²) in [6.45, 7) is 3.07. The van der Waals surface area contributed by atoms with E-state index >= 15 is 0 Å². The van der Waals surface area contributed by atoms with Crippen LogP contribution in [-0.2, 0) is 11.3 Å². The Kier molecular flexibility index (Phi) is 3.56. The molecule has 1 aliphatic carbocycles. The normalized spacial score (nSPS) is 15.1. The molecular weight excluding hydrogens is 222 g/mol. The smallest absolute Gasteiger partial charge is 0.236 e. The zero-order valence-corrected chi connectivity index (χ0v) is 10.5. The average molecular weight is 239 g/mol. The summed E-state index contributed by atoms with van der Waals surface area (Å²) >= 11 is 1.64. The minimum absolute atomic E-state index is 0.175. The highest BCUT2D eigenvalue weighted by molar-refractivity contribution is 7.09. The molecule has 0 aliphatic heterocycles. The van der Waals surface area contributed by atoms with Crippen LogP contribution in [0.25, 0.3) is 0 Å². The van der Waals surface area contributed by atoms with Gasteiger partial charge in [0, 0.05) is 25.0 Å². The second kappa shape index (κ2) is 4.93. The third kappa shape index (κ3) is 3.02. The average Bonchev–Trinajstić information content (AvgIpc) is 3.02. The summed E-state index contributed by atoms with van der Waals surface area (Å²) < 4.78 is 0. The maximum atomic E-state index is 11.7. The van der Waals surface area contributed by atoms with Gasteiger partial charge in [-0.15, -0.1) is 11.3 Å². The highest BCUT2D eigenvalue weighted by atomic mass is 32.1. The van der Waals surface area contributed by atoms with Gasteiger partial charge < -0.3 is 10.2 Å². The summed E-state index contributed by atoms with van der Waals surface area (Å²) in [5.74, 6) is 0.175. The third-order valence-corrected chi connectivity index (χ3v) is 3.56. The fraction of sp³-hybridized carbons (Fsp3) is 0.636. The molecule has 88 valence electrons. The van der Waals surface area contributed by atoms with Gasteiger partial charge in [-0.1, -0.05) is 0 Å². The predicted octanol–water partition coefficient (Wildman–Crippen LogP) is 1.16. The molecule has 0 atom stereocenters. The number of aryl methyl sites for hydroxylation is 1. The number of carbonyl (C=O) groups is 1. The maximum absolute atomic E-state index is 11.7. The van der Waals surface area contributed by atoms with E-state index in [1.54, 1.807) is 11.3 Å². The molecule has 0 radical (unpaired) electrons. The second-order valence-electron chi connectivity index (χ2n) is 4.20. The van der Waals surface area contributed by atoms with E-state index in [2.05, 4.69) is 10.3 Å². The van der Waals surface area contributed by atoms with E-state index in [0.717, 1.165) is 23.5 Å². The van der Waals surface area contributed by atoms with Gasteiger partial charge in [0.1, 0.15) is 0 Å². The Balaban J connectivity index is 1.69. The van der Waals surface area contributed by atoms with Gasteiger partial charge in [-0.3, -0.25) is 4.79 Å². The second-order valence-corrected chi connectivity index (χ2v) is 5.26. The largest absolute Gasteiger partial charge is 0.342 e. The van der Waals surface area contributed by atoms with Crippen molar-refractivity contribution in [1.82, 2.24) is 15.2 Å². The molecule has 0 spiro atoms. The van der Waals surface area contributed by atoms with Crippen LogP contribution >= 0.6 is 11.3 Å². The first-order chi connectivity index (χ1) is 7.66. The van der Waals surface area contributed by atoms with E-state index < -0.39 is 0 Å². The topological polar surface area (TPSA) is 45.2 Å². The van der Waals surface area contributed by atoms with Crippen LogP contribution in [0, 0.1) is 6.92 Å². The standard InChI is InChI=1S/C11H17N3OS/c1-8-13-9(7-16-8)5-12-6-11(15)14(2)10-3-4-10/h7,10,12H,3-6H2,1-2H3. The molecule has 1 amide bonds. The number of amides is 1. The van der Waals surface area contributed by atoms with Crippen LogP contribution in [0.1, 0.15) is 23.5 Å². The van der Waals surface area contributed by atoms with E-state index in [1.165, 1.54) is 0 Å². The van der Waals surface area contributed by atoms with Gasteiger partial charge in [0.2, 0.25) is 5.91 Å². The molecule has 4 nitrogen and oxygen atoms in total. The van der Waals surface area contributed by atoms with Crippen molar-refractivity contribution in [1.29, 1.82) is 0 Å². The lowest BCUT2D eigenvalue weighted by molar-refractivity contribution is -0.129. The monoisotopic (exact) mass is 239 g/mol. The number of hydrogen-bond donors (Lipinski definition) is 1. The summed E-state index contributed by atoms with van der Waals surface area (Å²) in [5, 5.41) is 6.22. The number of hydrogen-bond acceptors (Lipinski definition) is 4. The molecule has 5 heteroatoms. The summed E-state index contributed by atoms with van der Waals surface area (Å²) in [7, 11) is 1.88. The number of nitrogens with one attached hydrogen (secondary N) is 1. The molecule has 1 heterocycles. The Morgan fingerprint density at radius 2 is 2.44 bits per heavy atom. The van der Waals surface area contributed by atoms with Crippen molar-refractivity contribution in [2.45, 2.75) is 32.4 Å². The van der Waals surface area contributed by atoms with Crippen molar-refractivity contribution in [3.63, 3.8) is 0 Å². The first-order valence-corrected chi connectivity index (χ1v) is 6.42. The fourth-order valence-corrected chi connectivity index (χ4v) is 2.19. The van der Waals surface area contributed by atoms with Gasteiger partial charge in [0.05, 0.1) is 17.2 Å². The van der Waals surface area contributed by atoms with Gasteiger partial charge in [-0.05, 0) is 19.8 Å². The molecule has 1 saturated carbocycles. The van der Waals surface area contributed by atoms with Crippen LogP contribution in [0.3, 0.4) is 0 Å². The lowest BCUT2D eigenvalue weighted by Gasteiger charge is -2.16. The number of nitrogens with zero attached hydrogens (tertiary/aromatic N) is 2. The Hall–Kier alpha value is -0.940. The van der Waals surface area contributed by atoms with Gasteiger partial charge in [-0.2, -0.15) is 0 Å². The van der Waals surface area contributed by atoms with Crippen LogP contribution in [0.4, 0.5) is 0 Å². The highest BCUT2D eigenvalue weighted by Crippen LogP contribution is 2.25. The van der Waals surface area contributed by atoms with Gasteiger partial charge in [-0.25, -0.2) is 4.98 Å². The molecule has 1 N–H and O–H groups in total. The number of likely N-dealkylation sites (N-methyl/N-ethyl adjacent to an activating group) is 1. The quantitative estimate of drug-likeness (QED) is 0.838. The molecule has 2 rings (SSSR count). The summed E-state index contributed by atoms with van der Waals surface area (Å²) in [4.78, 5) is 17.8. The molecule has 16 heavy (non-hydrogen) atoms. The molecule has 1 fully saturated rings. The summed E-state index contributed by atoms with van der Waals surface area (Å²) in [5.41, 5.74) is 1.02. The van der Waals surface area contributed by atoms with Crippen LogP contribution < -0.4 is 5.32 Å². The number of carbonyl (C=O) groups excluding carboxylic acids is 1. The molecule has 1 aromatic heterocycles. The minimum Gasteiger partial charge on any atom is -0.342 e. The van der Waals surface area contributed by atoms with E-state index in [0.29, 0.717) is 19.1 Å². The molecule has 1 aliphatic rings.